The first-order valence-corrected chi connectivity index (χ1v) is 8.13. The normalized spacial score (nSPS) is 18.9. The van der Waals surface area contributed by atoms with E-state index in [1.54, 1.807) is 0 Å². The van der Waals surface area contributed by atoms with Crippen LogP contribution in [0.4, 0.5) is 0 Å². The smallest absolute Gasteiger partial charge is 0.317 e. The lowest BCUT2D eigenvalue weighted by Gasteiger charge is -2.03. The Bertz CT molecular complexity index is 320. The highest BCUT2D eigenvalue weighted by Gasteiger charge is 2.32. The number of allylic oxidation sites excluding steroid dienone is 2. The quantitative estimate of drug-likeness (QED) is 0.241. The minimum Gasteiger partial charge on any atom is -0.393 e. The summed E-state index contributed by atoms with van der Waals surface area (Å²) in [7, 11) is 0. The van der Waals surface area contributed by atoms with Gasteiger partial charge < -0.3 is 4.74 Å². The third-order valence-corrected chi connectivity index (χ3v) is 3.78. The van der Waals surface area contributed by atoms with Crippen LogP contribution in [-0.4, -0.2) is 11.9 Å². The van der Waals surface area contributed by atoms with Crippen LogP contribution < -0.4 is 0 Å². The molecule has 1 heterocycles. The first kappa shape index (κ1) is 16.9. The average Bonchev–Trinajstić information content (AvgIpc) is 2.74. The molecule has 0 N–H and O–H groups in total. The summed E-state index contributed by atoms with van der Waals surface area (Å²) in [5, 5.41) is 0. The Hall–Kier alpha value is -1.12. The molecule has 0 bridgehead atoms. The summed E-state index contributed by atoms with van der Waals surface area (Å²) in [5.41, 5.74) is 0. The average molecular weight is 280 g/mol. The number of hydrogen-bond donors (Lipinski definition) is 0. The summed E-state index contributed by atoms with van der Waals surface area (Å²) in [6, 6.07) is 0. The lowest BCUT2D eigenvalue weighted by molar-refractivity contribution is -0.153. The monoisotopic (exact) mass is 280 g/mol. The van der Waals surface area contributed by atoms with E-state index in [1.807, 2.05) is 0 Å². The standard InChI is InChI=1S/C17H28O3/c1-2-3-4-5-6-7-8-9-10-11-12-13-15-14-16(18)20-17(15)19/h6-7,15H,2-5,8-14H2,1H3/b7-6+. The van der Waals surface area contributed by atoms with Gasteiger partial charge in [-0.2, -0.15) is 0 Å². The number of ether oxygens (including phenoxy) is 1. The van der Waals surface area contributed by atoms with Crippen molar-refractivity contribution in [1.82, 2.24) is 0 Å². The van der Waals surface area contributed by atoms with Crippen LogP contribution >= 0.6 is 0 Å². The first-order valence-electron chi connectivity index (χ1n) is 8.13. The van der Waals surface area contributed by atoms with Gasteiger partial charge in [-0.15, -0.1) is 0 Å². The summed E-state index contributed by atoms with van der Waals surface area (Å²) in [6.07, 6.45) is 16.6. The van der Waals surface area contributed by atoms with Crippen LogP contribution in [0.3, 0.4) is 0 Å². The summed E-state index contributed by atoms with van der Waals surface area (Å²) in [6.45, 7) is 2.23. The highest BCUT2D eigenvalue weighted by Crippen LogP contribution is 2.22. The molecule has 0 amide bonds. The third kappa shape index (κ3) is 7.46. The van der Waals surface area contributed by atoms with E-state index in [9.17, 15) is 9.59 Å². The largest absolute Gasteiger partial charge is 0.393 e. The van der Waals surface area contributed by atoms with Crippen molar-refractivity contribution >= 4 is 11.9 Å². The summed E-state index contributed by atoms with van der Waals surface area (Å²) >= 11 is 0. The Kier molecular flexibility index (Phi) is 9.01. The molecule has 1 rings (SSSR count). The van der Waals surface area contributed by atoms with Crippen molar-refractivity contribution in [3.05, 3.63) is 12.2 Å². The second kappa shape index (κ2) is 10.6. The van der Waals surface area contributed by atoms with E-state index >= 15 is 0 Å². The van der Waals surface area contributed by atoms with Crippen molar-refractivity contribution in [3.63, 3.8) is 0 Å². The van der Waals surface area contributed by atoms with Crippen LogP contribution in [0.25, 0.3) is 0 Å². The summed E-state index contributed by atoms with van der Waals surface area (Å²) in [4.78, 5) is 22.2. The number of hydrogen-bond acceptors (Lipinski definition) is 3. The molecule has 1 fully saturated rings. The molecule has 1 atom stereocenters. The van der Waals surface area contributed by atoms with Gasteiger partial charge in [0.05, 0.1) is 12.3 Å². The molecular weight excluding hydrogens is 252 g/mol. The molecule has 1 unspecified atom stereocenters. The molecule has 20 heavy (non-hydrogen) atoms. The fourth-order valence-corrected chi connectivity index (χ4v) is 2.50. The zero-order chi connectivity index (χ0) is 14.6. The molecule has 0 aromatic carbocycles. The van der Waals surface area contributed by atoms with Crippen LogP contribution in [0.1, 0.15) is 77.6 Å². The zero-order valence-corrected chi connectivity index (χ0v) is 12.7. The Morgan fingerprint density at radius 1 is 1.00 bits per heavy atom. The predicted octanol–water partition coefficient (Wildman–Crippen LogP) is 4.55. The molecule has 1 saturated heterocycles. The Morgan fingerprint density at radius 3 is 2.25 bits per heavy atom. The first-order chi connectivity index (χ1) is 9.74. The van der Waals surface area contributed by atoms with E-state index in [-0.39, 0.29) is 17.9 Å². The molecule has 0 spiro atoms. The van der Waals surface area contributed by atoms with Crippen LogP contribution in [0.5, 0.6) is 0 Å². The van der Waals surface area contributed by atoms with E-state index in [0.717, 1.165) is 25.7 Å². The molecule has 0 aliphatic carbocycles. The van der Waals surface area contributed by atoms with E-state index in [0.29, 0.717) is 6.42 Å². The SMILES string of the molecule is CCCCC/C=C/CCCCCCC1CC(=O)OC1=O. The number of esters is 2. The highest BCUT2D eigenvalue weighted by atomic mass is 16.6. The molecule has 0 aromatic rings. The number of carbonyl (C=O) groups excluding carboxylic acids is 2. The Labute approximate surface area is 122 Å². The second-order valence-electron chi connectivity index (χ2n) is 5.65. The van der Waals surface area contributed by atoms with Crippen LogP contribution in [-0.2, 0) is 14.3 Å². The highest BCUT2D eigenvalue weighted by molar-refractivity contribution is 5.94. The maximum absolute atomic E-state index is 11.2. The topological polar surface area (TPSA) is 43.4 Å². The van der Waals surface area contributed by atoms with Crippen LogP contribution in [0, 0.1) is 5.92 Å². The van der Waals surface area contributed by atoms with Crippen molar-refractivity contribution in [2.45, 2.75) is 77.6 Å². The van der Waals surface area contributed by atoms with Crippen molar-refractivity contribution < 1.29 is 14.3 Å². The molecule has 3 heteroatoms. The van der Waals surface area contributed by atoms with Crippen LogP contribution in [0.15, 0.2) is 12.2 Å². The molecule has 0 radical (unpaired) electrons. The van der Waals surface area contributed by atoms with Gasteiger partial charge in [-0.3, -0.25) is 9.59 Å². The number of cyclic esters (lactones) is 2. The molecule has 3 nitrogen and oxygen atoms in total. The van der Waals surface area contributed by atoms with Crippen molar-refractivity contribution in [1.29, 1.82) is 0 Å². The second-order valence-corrected chi connectivity index (χ2v) is 5.65. The zero-order valence-electron chi connectivity index (χ0n) is 12.7. The van der Waals surface area contributed by atoms with Gasteiger partial charge in [-0.1, -0.05) is 51.2 Å². The summed E-state index contributed by atoms with van der Waals surface area (Å²) in [5.74, 6) is -0.834. The van der Waals surface area contributed by atoms with E-state index in [4.69, 9.17) is 0 Å². The predicted molar refractivity (Wildman–Crippen MR) is 80.2 cm³/mol. The minimum atomic E-state index is -0.354. The molecule has 0 saturated carbocycles. The molecule has 1 aliphatic heterocycles. The maximum Gasteiger partial charge on any atom is 0.317 e. The van der Waals surface area contributed by atoms with Crippen molar-refractivity contribution in [3.8, 4) is 0 Å². The number of carbonyl (C=O) groups is 2. The fraction of sp³-hybridized carbons (Fsp3) is 0.765. The molecule has 1 aliphatic rings. The molecule has 114 valence electrons. The molecule has 0 aromatic heterocycles. The maximum atomic E-state index is 11.2. The lowest BCUT2D eigenvalue weighted by atomic mass is 9.99. The van der Waals surface area contributed by atoms with Gasteiger partial charge in [0.1, 0.15) is 0 Å². The van der Waals surface area contributed by atoms with Gasteiger partial charge in [0, 0.05) is 0 Å². The van der Waals surface area contributed by atoms with E-state index in [2.05, 4.69) is 23.8 Å². The van der Waals surface area contributed by atoms with Gasteiger partial charge in [0.15, 0.2) is 0 Å². The number of unbranched alkanes of at least 4 members (excludes halogenated alkanes) is 7. The van der Waals surface area contributed by atoms with E-state index < -0.39 is 0 Å². The van der Waals surface area contributed by atoms with Crippen molar-refractivity contribution in [2.75, 3.05) is 0 Å². The van der Waals surface area contributed by atoms with Gasteiger partial charge in [-0.05, 0) is 32.1 Å². The third-order valence-electron chi connectivity index (χ3n) is 3.78. The lowest BCUT2D eigenvalue weighted by Crippen LogP contribution is -2.06. The van der Waals surface area contributed by atoms with Gasteiger partial charge in [0.2, 0.25) is 0 Å². The van der Waals surface area contributed by atoms with E-state index in [1.165, 1.54) is 38.5 Å². The molecular formula is C17H28O3. The fourth-order valence-electron chi connectivity index (χ4n) is 2.50. The Balaban J connectivity index is 1.87. The van der Waals surface area contributed by atoms with Gasteiger partial charge >= 0.3 is 11.9 Å². The van der Waals surface area contributed by atoms with Crippen molar-refractivity contribution in [2.24, 2.45) is 5.92 Å². The number of rotatable bonds is 11. The van der Waals surface area contributed by atoms with Crippen LogP contribution in [0.2, 0.25) is 0 Å². The summed E-state index contributed by atoms with van der Waals surface area (Å²) < 4.78 is 4.54. The van der Waals surface area contributed by atoms with Gasteiger partial charge in [0.25, 0.3) is 0 Å². The minimum absolute atomic E-state index is 0.166. The Morgan fingerprint density at radius 2 is 1.65 bits per heavy atom. The van der Waals surface area contributed by atoms with Gasteiger partial charge in [-0.25, -0.2) is 0 Å².